The molecule has 0 saturated carbocycles. The van der Waals surface area contributed by atoms with Crippen LogP contribution in [0.15, 0.2) is 47.1 Å². The van der Waals surface area contributed by atoms with Crippen LogP contribution >= 0.6 is 0 Å². The van der Waals surface area contributed by atoms with Crippen molar-refractivity contribution in [2.75, 3.05) is 37.7 Å². The normalized spacial score (nSPS) is 14.1. The summed E-state index contributed by atoms with van der Waals surface area (Å²) < 4.78 is 23.5. The number of anilines is 1. The molecule has 0 radical (unpaired) electrons. The Kier molecular flexibility index (Phi) is 5.87. The molecule has 8 nitrogen and oxygen atoms in total. The third kappa shape index (κ3) is 4.56. The van der Waals surface area contributed by atoms with Gasteiger partial charge in [0.15, 0.2) is 6.61 Å². The molecule has 4 rings (SSSR count). The molecular formula is C21H22FN5O3. The monoisotopic (exact) mass is 411 g/mol. The molecule has 2 aromatic heterocycles. The zero-order valence-corrected chi connectivity index (χ0v) is 16.6. The fraction of sp³-hybridized carbons (Fsp3) is 0.333. The van der Waals surface area contributed by atoms with Gasteiger partial charge < -0.3 is 19.1 Å². The van der Waals surface area contributed by atoms with Crippen LogP contribution in [0, 0.1) is 5.82 Å². The van der Waals surface area contributed by atoms with Crippen molar-refractivity contribution >= 4 is 11.7 Å². The maximum atomic E-state index is 12.9. The Hall–Kier alpha value is -3.49. The predicted octanol–water partition coefficient (Wildman–Crippen LogP) is 2.56. The van der Waals surface area contributed by atoms with Crippen LogP contribution < -0.4 is 9.64 Å². The molecule has 3 aromatic rings. The van der Waals surface area contributed by atoms with Gasteiger partial charge in [0.25, 0.3) is 5.91 Å². The van der Waals surface area contributed by atoms with Crippen molar-refractivity contribution in [1.82, 2.24) is 20.0 Å². The number of aryl methyl sites for hydroxylation is 1. The van der Waals surface area contributed by atoms with Gasteiger partial charge >= 0.3 is 0 Å². The average Bonchev–Trinajstić information content (AvgIpc) is 3.28. The SMILES string of the molecule is CCc1nc(-c2ccc(N3CCN(C(=O)COc4ccc(F)cc4)CC3)nc2)no1. The van der Waals surface area contributed by atoms with Crippen LogP contribution in [0.25, 0.3) is 11.4 Å². The zero-order valence-electron chi connectivity index (χ0n) is 16.6. The summed E-state index contributed by atoms with van der Waals surface area (Å²) in [6.45, 7) is 4.41. The van der Waals surface area contributed by atoms with E-state index in [1.54, 1.807) is 11.1 Å². The van der Waals surface area contributed by atoms with Gasteiger partial charge in [-0.15, -0.1) is 0 Å². The Morgan fingerprint density at radius 1 is 1.13 bits per heavy atom. The summed E-state index contributed by atoms with van der Waals surface area (Å²) in [6, 6.07) is 9.46. The number of hydrogen-bond acceptors (Lipinski definition) is 7. The second-order valence-corrected chi connectivity index (χ2v) is 6.88. The van der Waals surface area contributed by atoms with Gasteiger partial charge in [0.05, 0.1) is 0 Å². The van der Waals surface area contributed by atoms with Crippen molar-refractivity contribution in [1.29, 1.82) is 0 Å². The van der Waals surface area contributed by atoms with Crippen molar-refractivity contribution in [2.45, 2.75) is 13.3 Å². The van der Waals surface area contributed by atoms with E-state index in [-0.39, 0.29) is 18.3 Å². The number of pyridine rings is 1. The minimum Gasteiger partial charge on any atom is -0.484 e. The van der Waals surface area contributed by atoms with E-state index in [9.17, 15) is 9.18 Å². The lowest BCUT2D eigenvalue weighted by Gasteiger charge is -2.35. The molecule has 0 spiro atoms. The second kappa shape index (κ2) is 8.89. The lowest BCUT2D eigenvalue weighted by atomic mass is 10.2. The first-order valence-corrected chi connectivity index (χ1v) is 9.82. The lowest BCUT2D eigenvalue weighted by molar-refractivity contribution is -0.133. The van der Waals surface area contributed by atoms with Gasteiger partial charge in [-0.25, -0.2) is 9.37 Å². The number of carbonyl (C=O) groups excluding carboxylic acids is 1. The number of hydrogen-bond donors (Lipinski definition) is 0. The van der Waals surface area contributed by atoms with Crippen LogP contribution in [-0.4, -0.2) is 58.7 Å². The predicted molar refractivity (Wildman–Crippen MR) is 108 cm³/mol. The summed E-state index contributed by atoms with van der Waals surface area (Å²) in [4.78, 5) is 25.1. The van der Waals surface area contributed by atoms with Crippen LogP contribution in [0.3, 0.4) is 0 Å². The molecule has 0 N–H and O–H groups in total. The number of piperazine rings is 1. The third-order valence-corrected chi connectivity index (χ3v) is 4.91. The minimum absolute atomic E-state index is 0.0664. The molecule has 0 aliphatic carbocycles. The molecule has 1 aliphatic heterocycles. The fourth-order valence-electron chi connectivity index (χ4n) is 3.17. The van der Waals surface area contributed by atoms with Crippen molar-refractivity contribution in [3.63, 3.8) is 0 Å². The number of amides is 1. The van der Waals surface area contributed by atoms with Gasteiger partial charge in [0.2, 0.25) is 11.7 Å². The highest BCUT2D eigenvalue weighted by molar-refractivity contribution is 5.78. The number of carbonyl (C=O) groups is 1. The maximum absolute atomic E-state index is 12.9. The Morgan fingerprint density at radius 2 is 1.90 bits per heavy atom. The summed E-state index contributed by atoms with van der Waals surface area (Å²) in [5, 5.41) is 3.96. The van der Waals surface area contributed by atoms with Gasteiger partial charge in [0.1, 0.15) is 17.4 Å². The molecule has 1 amide bonds. The lowest BCUT2D eigenvalue weighted by Crippen LogP contribution is -2.50. The van der Waals surface area contributed by atoms with E-state index in [1.807, 2.05) is 19.1 Å². The molecule has 1 fully saturated rings. The number of benzene rings is 1. The quantitative estimate of drug-likeness (QED) is 0.616. The largest absolute Gasteiger partial charge is 0.484 e. The van der Waals surface area contributed by atoms with E-state index < -0.39 is 0 Å². The molecule has 156 valence electrons. The van der Waals surface area contributed by atoms with E-state index in [2.05, 4.69) is 20.0 Å². The Labute approximate surface area is 173 Å². The average molecular weight is 411 g/mol. The third-order valence-electron chi connectivity index (χ3n) is 4.91. The molecule has 0 unspecified atom stereocenters. The van der Waals surface area contributed by atoms with Crippen LogP contribution in [0.2, 0.25) is 0 Å². The molecule has 0 bridgehead atoms. The standard InChI is InChI=1S/C21H22FN5O3/c1-2-19-24-21(25-30-19)15-3-8-18(23-13-15)26-9-11-27(12-10-26)20(28)14-29-17-6-4-16(22)5-7-17/h3-8,13H,2,9-12,14H2,1H3. The summed E-state index contributed by atoms with van der Waals surface area (Å²) in [6.07, 6.45) is 2.42. The van der Waals surface area contributed by atoms with Gasteiger partial charge in [-0.1, -0.05) is 12.1 Å². The van der Waals surface area contributed by atoms with Crippen molar-refractivity contribution in [3.05, 3.63) is 54.3 Å². The summed E-state index contributed by atoms with van der Waals surface area (Å²) in [5.74, 6) is 2.01. The second-order valence-electron chi connectivity index (χ2n) is 6.88. The van der Waals surface area contributed by atoms with E-state index >= 15 is 0 Å². The van der Waals surface area contributed by atoms with Crippen molar-refractivity contribution in [2.24, 2.45) is 0 Å². The number of aromatic nitrogens is 3. The number of nitrogens with zero attached hydrogens (tertiary/aromatic N) is 5. The number of ether oxygens (including phenoxy) is 1. The van der Waals surface area contributed by atoms with Gasteiger partial charge in [0, 0.05) is 44.4 Å². The van der Waals surface area contributed by atoms with Gasteiger partial charge in [-0.3, -0.25) is 4.79 Å². The molecule has 9 heteroatoms. The Bertz CT molecular complexity index is 983. The smallest absolute Gasteiger partial charge is 0.260 e. The van der Waals surface area contributed by atoms with E-state index in [0.717, 1.165) is 11.4 Å². The minimum atomic E-state index is -0.338. The fourth-order valence-corrected chi connectivity index (χ4v) is 3.17. The number of halogens is 1. The van der Waals surface area contributed by atoms with Crippen molar-refractivity contribution in [3.8, 4) is 17.1 Å². The molecular weight excluding hydrogens is 389 g/mol. The Balaban J connectivity index is 1.28. The first-order valence-electron chi connectivity index (χ1n) is 9.82. The molecule has 0 atom stereocenters. The van der Waals surface area contributed by atoms with Crippen LogP contribution in [0.1, 0.15) is 12.8 Å². The maximum Gasteiger partial charge on any atom is 0.260 e. The highest BCUT2D eigenvalue weighted by Crippen LogP contribution is 2.20. The van der Waals surface area contributed by atoms with E-state index in [4.69, 9.17) is 9.26 Å². The first kappa shape index (κ1) is 19.8. The van der Waals surface area contributed by atoms with Gasteiger partial charge in [-0.2, -0.15) is 4.98 Å². The molecule has 3 heterocycles. The summed E-state index contributed by atoms with van der Waals surface area (Å²) in [5.41, 5.74) is 0.800. The molecule has 1 saturated heterocycles. The molecule has 1 aromatic carbocycles. The van der Waals surface area contributed by atoms with Crippen LogP contribution in [0.5, 0.6) is 5.75 Å². The molecule has 1 aliphatic rings. The summed E-state index contributed by atoms with van der Waals surface area (Å²) >= 11 is 0. The summed E-state index contributed by atoms with van der Waals surface area (Å²) in [7, 11) is 0. The van der Waals surface area contributed by atoms with Crippen molar-refractivity contribution < 1.29 is 18.4 Å². The van der Waals surface area contributed by atoms with Gasteiger partial charge in [-0.05, 0) is 36.4 Å². The van der Waals surface area contributed by atoms with Crippen LogP contribution in [-0.2, 0) is 11.2 Å². The zero-order chi connectivity index (χ0) is 20.9. The Morgan fingerprint density at radius 3 is 2.53 bits per heavy atom. The highest BCUT2D eigenvalue weighted by atomic mass is 19.1. The number of rotatable bonds is 6. The first-order chi connectivity index (χ1) is 14.6. The van der Waals surface area contributed by atoms with Crippen LogP contribution in [0.4, 0.5) is 10.2 Å². The molecule has 30 heavy (non-hydrogen) atoms. The van der Waals surface area contributed by atoms with E-state index in [0.29, 0.717) is 50.1 Å². The highest BCUT2D eigenvalue weighted by Gasteiger charge is 2.22. The van der Waals surface area contributed by atoms with E-state index in [1.165, 1.54) is 24.3 Å². The topological polar surface area (TPSA) is 84.6 Å².